The molecule has 0 spiro atoms. The first-order valence-electron chi connectivity index (χ1n) is 11.2. The lowest BCUT2D eigenvalue weighted by Gasteiger charge is -2.27. The first kappa shape index (κ1) is 24.0. The lowest BCUT2D eigenvalue weighted by Crippen LogP contribution is -2.37. The van der Waals surface area contributed by atoms with Gasteiger partial charge in [0.25, 0.3) is 5.91 Å². The largest absolute Gasteiger partial charge is 0.493 e. The summed E-state index contributed by atoms with van der Waals surface area (Å²) in [5, 5.41) is 8.72. The molecule has 0 atom stereocenters. The second-order valence-corrected chi connectivity index (χ2v) is 8.10. The normalized spacial score (nSPS) is 10.9. The Morgan fingerprint density at radius 2 is 1.88 bits per heavy atom. The van der Waals surface area contributed by atoms with Crippen molar-refractivity contribution in [1.82, 2.24) is 9.88 Å². The van der Waals surface area contributed by atoms with E-state index in [2.05, 4.69) is 4.98 Å². The number of carbonyl (C=O) groups excluding carboxylic acids is 1. The van der Waals surface area contributed by atoms with E-state index in [1.807, 2.05) is 56.3 Å². The zero-order valence-electron chi connectivity index (χ0n) is 19.1. The number of carboxylic acid groups (broad SMARTS) is 1. The third-order valence-corrected chi connectivity index (χ3v) is 5.28. The summed E-state index contributed by atoms with van der Waals surface area (Å²) < 4.78 is 11.3. The molecule has 174 valence electrons. The fourth-order valence-electron chi connectivity index (χ4n) is 3.44. The average molecular weight is 451 g/mol. The van der Waals surface area contributed by atoms with Crippen LogP contribution in [0.5, 0.6) is 5.75 Å². The number of amides is 1. The zero-order chi connectivity index (χ0) is 23.6. The van der Waals surface area contributed by atoms with Gasteiger partial charge in [-0.3, -0.25) is 14.6 Å². The van der Waals surface area contributed by atoms with E-state index in [4.69, 9.17) is 14.3 Å². The van der Waals surface area contributed by atoms with Crippen LogP contribution in [0.25, 0.3) is 11.3 Å². The Balaban J connectivity index is 1.64. The Hall–Kier alpha value is -3.61. The van der Waals surface area contributed by atoms with E-state index >= 15 is 0 Å². The second kappa shape index (κ2) is 11.9. The number of carboxylic acids is 1. The Labute approximate surface area is 194 Å². The van der Waals surface area contributed by atoms with Crippen molar-refractivity contribution in [3.05, 3.63) is 72.2 Å². The molecule has 0 unspecified atom stereocenters. The van der Waals surface area contributed by atoms with Gasteiger partial charge < -0.3 is 19.2 Å². The summed E-state index contributed by atoms with van der Waals surface area (Å²) in [5.74, 6) is 0.510. The van der Waals surface area contributed by atoms with Gasteiger partial charge in [-0.2, -0.15) is 0 Å². The molecule has 7 nitrogen and oxygen atoms in total. The van der Waals surface area contributed by atoms with E-state index in [0.29, 0.717) is 31.0 Å². The Bertz CT molecular complexity index is 1030. The number of carbonyl (C=O) groups is 2. The van der Waals surface area contributed by atoms with Crippen LogP contribution in [0.2, 0.25) is 0 Å². The van der Waals surface area contributed by atoms with E-state index < -0.39 is 5.97 Å². The number of benzene rings is 1. The van der Waals surface area contributed by atoms with Crippen molar-refractivity contribution in [2.45, 2.75) is 52.1 Å². The maximum atomic E-state index is 13.2. The molecule has 2 heterocycles. The van der Waals surface area contributed by atoms with Crippen molar-refractivity contribution < 1.29 is 23.8 Å². The van der Waals surface area contributed by atoms with Gasteiger partial charge in [-0.25, -0.2) is 0 Å². The van der Waals surface area contributed by atoms with Crippen molar-refractivity contribution in [2.75, 3.05) is 6.61 Å². The van der Waals surface area contributed by atoms with Crippen LogP contribution in [0.1, 0.15) is 55.6 Å². The summed E-state index contributed by atoms with van der Waals surface area (Å²) in [6, 6.07) is 14.9. The van der Waals surface area contributed by atoms with Crippen LogP contribution < -0.4 is 4.74 Å². The quantitative estimate of drug-likeness (QED) is 0.371. The average Bonchev–Trinajstić information content (AvgIpc) is 3.35. The molecule has 0 aliphatic heterocycles. The summed E-state index contributed by atoms with van der Waals surface area (Å²) >= 11 is 0. The molecule has 0 saturated heterocycles. The van der Waals surface area contributed by atoms with E-state index in [-0.39, 0.29) is 18.4 Å². The summed E-state index contributed by atoms with van der Waals surface area (Å²) in [6.07, 6.45) is 5.64. The van der Waals surface area contributed by atoms with Gasteiger partial charge in [-0.15, -0.1) is 0 Å². The number of ether oxygens (including phenoxy) is 1. The predicted molar refractivity (Wildman–Crippen MR) is 125 cm³/mol. The summed E-state index contributed by atoms with van der Waals surface area (Å²) in [7, 11) is 0. The lowest BCUT2D eigenvalue weighted by molar-refractivity contribution is -0.137. The molecule has 2 aromatic heterocycles. The Morgan fingerprint density at radius 1 is 1.06 bits per heavy atom. The minimum absolute atomic E-state index is 0.0341. The summed E-state index contributed by atoms with van der Waals surface area (Å²) in [6.45, 7) is 4.84. The van der Waals surface area contributed by atoms with Crippen LogP contribution in [0.15, 0.2) is 65.4 Å². The number of unbranched alkanes of at least 4 members (excludes halogenated alkanes) is 2. The van der Waals surface area contributed by atoms with Crippen LogP contribution >= 0.6 is 0 Å². The maximum absolute atomic E-state index is 13.2. The van der Waals surface area contributed by atoms with Gasteiger partial charge in [0, 0.05) is 36.3 Å². The smallest absolute Gasteiger partial charge is 0.303 e. The van der Waals surface area contributed by atoms with E-state index in [1.54, 1.807) is 23.4 Å². The van der Waals surface area contributed by atoms with Crippen LogP contribution in [0, 0.1) is 0 Å². The number of rotatable bonds is 12. The number of hydrogen-bond donors (Lipinski definition) is 1. The van der Waals surface area contributed by atoms with Crippen LogP contribution in [-0.2, 0) is 11.3 Å². The highest BCUT2D eigenvalue weighted by molar-refractivity contribution is 5.92. The molecule has 1 aromatic carbocycles. The van der Waals surface area contributed by atoms with Gasteiger partial charge in [-0.1, -0.05) is 18.2 Å². The number of pyridine rings is 1. The fraction of sp³-hybridized carbons (Fsp3) is 0.346. The molecule has 1 amide bonds. The molecule has 0 saturated carbocycles. The topological polar surface area (TPSA) is 92.9 Å². The van der Waals surface area contributed by atoms with Crippen molar-refractivity contribution in [3.8, 4) is 17.1 Å². The SMILES string of the molecule is CC(C)N(Cc1ccccc1OCCCCCC(=O)O)C(=O)c1ccc(-c2ccco2)cn1. The molecule has 0 aliphatic rings. The fourth-order valence-corrected chi connectivity index (χ4v) is 3.44. The minimum Gasteiger partial charge on any atom is -0.493 e. The monoisotopic (exact) mass is 450 g/mol. The highest BCUT2D eigenvalue weighted by Crippen LogP contribution is 2.23. The van der Waals surface area contributed by atoms with Gasteiger partial charge in [0.05, 0.1) is 12.9 Å². The molecule has 0 radical (unpaired) electrons. The van der Waals surface area contributed by atoms with Gasteiger partial charge >= 0.3 is 5.97 Å². The number of hydrogen-bond acceptors (Lipinski definition) is 5. The second-order valence-electron chi connectivity index (χ2n) is 8.10. The minimum atomic E-state index is -0.773. The first-order chi connectivity index (χ1) is 16.0. The molecule has 33 heavy (non-hydrogen) atoms. The Kier molecular flexibility index (Phi) is 8.63. The van der Waals surface area contributed by atoms with E-state index in [1.165, 1.54) is 0 Å². The van der Waals surface area contributed by atoms with Crippen molar-refractivity contribution in [3.63, 3.8) is 0 Å². The number of nitrogens with zero attached hydrogens (tertiary/aromatic N) is 2. The van der Waals surface area contributed by atoms with Crippen molar-refractivity contribution in [2.24, 2.45) is 0 Å². The van der Waals surface area contributed by atoms with Crippen molar-refractivity contribution in [1.29, 1.82) is 0 Å². The maximum Gasteiger partial charge on any atom is 0.303 e. The van der Waals surface area contributed by atoms with E-state index in [0.717, 1.165) is 29.7 Å². The molecule has 0 fully saturated rings. The third-order valence-electron chi connectivity index (χ3n) is 5.28. The van der Waals surface area contributed by atoms with Gasteiger partial charge in [0.15, 0.2) is 0 Å². The standard InChI is InChI=1S/C26H30N2O5/c1-19(2)28(26(31)22-14-13-20(17-27-22)23-11-8-16-33-23)18-21-9-5-6-10-24(21)32-15-7-3-4-12-25(29)30/h5-6,8-11,13-14,16-17,19H,3-4,7,12,15,18H2,1-2H3,(H,29,30). The molecular weight excluding hydrogens is 420 g/mol. The predicted octanol–water partition coefficient (Wildman–Crippen LogP) is 5.42. The zero-order valence-corrected chi connectivity index (χ0v) is 19.1. The summed E-state index contributed by atoms with van der Waals surface area (Å²) in [4.78, 5) is 30.0. The lowest BCUT2D eigenvalue weighted by atomic mass is 10.1. The van der Waals surface area contributed by atoms with Crippen molar-refractivity contribution >= 4 is 11.9 Å². The summed E-state index contributed by atoms with van der Waals surface area (Å²) in [5.41, 5.74) is 2.10. The molecule has 1 N–H and O–H groups in total. The molecular formula is C26H30N2O5. The number of aromatic nitrogens is 1. The van der Waals surface area contributed by atoms with E-state index in [9.17, 15) is 9.59 Å². The number of para-hydroxylation sites is 1. The molecule has 0 bridgehead atoms. The first-order valence-corrected chi connectivity index (χ1v) is 11.2. The third kappa shape index (κ3) is 6.94. The number of furan rings is 1. The van der Waals surface area contributed by atoms with Crippen LogP contribution in [0.3, 0.4) is 0 Å². The van der Waals surface area contributed by atoms with Crippen LogP contribution in [-0.4, -0.2) is 39.5 Å². The van der Waals surface area contributed by atoms with Gasteiger partial charge in [0.1, 0.15) is 17.2 Å². The highest BCUT2D eigenvalue weighted by atomic mass is 16.5. The van der Waals surface area contributed by atoms with Gasteiger partial charge in [0.2, 0.25) is 0 Å². The molecule has 7 heteroatoms. The highest BCUT2D eigenvalue weighted by Gasteiger charge is 2.22. The van der Waals surface area contributed by atoms with Gasteiger partial charge in [-0.05, 0) is 63.4 Å². The molecule has 0 aliphatic carbocycles. The molecule has 3 rings (SSSR count). The van der Waals surface area contributed by atoms with Crippen LogP contribution in [0.4, 0.5) is 0 Å². The molecule has 3 aromatic rings. The number of aliphatic carboxylic acids is 1. The Morgan fingerprint density at radius 3 is 2.55 bits per heavy atom.